The Morgan fingerprint density at radius 3 is 2.64 bits per heavy atom. The molecule has 0 aromatic heterocycles. The highest BCUT2D eigenvalue weighted by Crippen LogP contribution is 2.22. The minimum atomic E-state index is -0.250. The van der Waals surface area contributed by atoms with Crippen molar-refractivity contribution in [1.29, 1.82) is 0 Å². The summed E-state index contributed by atoms with van der Waals surface area (Å²) in [6.45, 7) is 8.86. The van der Waals surface area contributed by atoms with Crippen molar-refractivity contribution < 1.29 is 14.3 Å². The van der Waals surface area contributed by atoms with Gasteiger partial charge in [0.15, 0.2) is 6.61 Å². The van der Waals surface area contributed by atoms with E-state index in [1.165, 1.54) is 6.07 Å². The number of amides is 2. The number of rotatable bonds is 8. The van der Waals surface area contributed by atoms with E-state index in [1.807, 2.05) is 13.8 Å². The Kier molecular flexibility index (Phi) is 6.95. The van der Waals surface area contributed by atoms with Gasteiger partial charge in [0.25, 0.3) is 11.8 Å². The first kappa shape index (κ1) is 17.6. The SMILES string of the molecule is C=CCNC(=O)c1ccc(N)c(OCC(=O)N(CC)CC)c1. The topological polar surface area (TPSA) is 84.7 Å². The molecular formula is C16H23N3O3. The lowest BCUT2D eigenvalue weighted by Crippen LogP contribution is -2.34. The second-order valence-electron chi connectivity index (χ2n) is 4.61. The van der Waals surface area contributed by atoms with Crippen LogP contribution in [-0.2, 0) is 4.79 Å². The van der Waals surface area contributed by atoms with Crippen LogP contribution in [0, 0.1) is 0 Å². The van der Waals surface area contributed by atoms with Gasteiger partial charge in [0.1, 0.15) is 5.75 Å². The minimum Gasteiger partial charge on any atom is -0.482 e. The molecule has 2 amide bonds. The van der Waals surface area contributed by atoms with Gasteiger partial charge in [-0.15, -0.1) is 6.58 Å². The van der Waals surface area contributed by atoms with Crippen LogP contribution < -0.4 is 15.8 Å². The first-order chi connectivity index (χ1) is 10.5. The Labute approximate surface area is 130 Å². The van der Waals surface area contributed by atoms with Gasteiger partial charge in [-0.3, -0.25) is 9.59 Å². The highest BCUT2D eigenvalue weighted by atomic mass is 16.5. The normalized spacial score (nSPS) is 9.91. The van der Waals surface area contributed by atoms with E-state index >= 15 is 0 Å². The lowest BCUT2D eigenvalue weighted by molar-refractivity contribution is -0.132. The number of nitrogens with zero attached hydrogens (tertiary/aromatic N) is 1. The molecule has 0 bridgehead atoms. The standard InChI is InChI=1S/C16H23N3O3/c1-4-9-18-16(21)12-7-8-13(17)14(10-12)22-11-15(20)19(5-2)6-3/h4,7-8,10H,1,5-6,9,11,17H2,2-3H3,(H,18,21). The molecule has 0 radical (unpaired) electrons. The third-order valence-electron chi connectivity index (χ3n) is 3.15. The van der Waals surface area contributed by atoms with Crippen LogP contribution in [0.4, 0.5) is 5.69 Å². The smallest absolute Gasteiger partial charge is 0.260 e. The number of hydrogen-bond acceptors (Lipinski definition) is 4. The maximum atomic E-state index is 11.9. The predicted molar refractivity (Wildman–Crippen MR) is 86.8 cm³/mol. The van der Waals surface area contributed by atoms with Crippen molar-refractivity contribution in [3.05, 3.63) is 36.4 Å². The molecule has 0 saturated heterocycles. The average molecular weight is 305 g/mol. The Hall–Kier alpha value is -2.50. The van der Waals surface area contributed by atoms with Gasteiger partial charge < -0.3 is 20.7 Å². The third kappa shape index (κ3) is 4.80. The summed E-state index contributed by atoms with van der Waals surface area (Å²) in [5, 5.41) is 2.67. The molecule has 0 spiro atoms. The second-order valence-corrected chi connectivity index (χ2v) is 4.61. The molecule has 0 aliphatic heterocycles. The second kappa shape index (κ2) is 8.71. The van der Waals surface area contributed by atoms with Crippen LogP contribution in [0.3, 0.4) is 0 Å². The van der Waals surface area contributed by atoms with Gasteiger partial charge in [-0.25, -0.2) is 0 Å². The van der Waals surface area contributed by atoms with Crippen LogP contribution in [0.5, 0.6) is 5.75 Å². The fourth-order valence-electron chi connectivity index (χ4n) is 1.87. The van der Waals surface area contributed by atoms with Crippen molar-refractivity contribution in [3.63, 3.8) is 0 Å². The maximum Gasteiger partial charge on any atom is 0.260 e. The van der Waals surface area contributed by atoms with Crippen LogP contribution in [0.1, 0.15) is 24.2 Å². The van der Waals surface area contributed by atoms with Crippen LogP contribution in [0.15, 0.2) is 30.9 Å². The summed E-state index contributed by atoms with van der Waals surface area (Å²) in [6.07, 6.45) is 1.59. The number of nitrogens with two attached hydrogens (primary N) is 1. The summed E-state index contributed by atoms with van der Waals surface area (Å²) in [6, 6.07) is 4.72. The molecular weight excluding hydrogens is 282 g/mol. The lowest BCUT2D eigenvalue weighted by Gasteiger charge is -2.19. The van der Waals surface area contributed by atoms with Crippen LogP contribution in [0.2, 0.25) is 0 Å². The molecule has 3 N–H and O–H groups in total. The van der Waals surface area contributed by atoms with Gasteiger partial charge in [-0.05, 0) is 32.0 Å². The van der Waals surface area contributed by atoms with E-state index in [1.54, 1.807) is 23.1 Å². The molecule has 22 heavy (non-hydrogen) atoms. The first-order valence-corrected chi connectivity index (χ1v) is 7.22. The number of carbonyl (C=O) groups excluding carboxylic acids is 2. The highest BCUT2D eigenvalue weighted by molar-refractivity contribution is 5.95. The van der Waals surface area contributed by atoms with Gasteiger partial charge >= 0.3 is 0 Å². The molecule has 0 aliphatic rings. The largest absolute Gasteiger partial charge is 0.482 e. The fourth-order valence-corrected chi connectivity index (χ4v) is 1.87. The third-order valence-corrected chi connectivity index (χ3v) is 3.15. The van der Waals surface area contributed by atoms with Crippen molar-refractivity contribution in [2.75, 3.05) is 32.0 Å². The summed E-state index contributed by atoms with van der Waals surface area (Å²) < 4.78 is 5.46. The van der Waals surface area contributed by atoms with Crippen molar-refractivity contribution in [2.45, 2.75) is 13.8 Å². The molecule has 1 rings (SSSR count). The molecule has 0 fully saturated rings. The van der Waals surface area contributed by atoms with Crippen molar-refractivity contribution >= 4 is 17.5 Å². The monoisotopic (exact) mass is 305 g/mol. The zero-order valence-electron chi connectivity index (χ0n) is 13.1. The molecule has 6 nitrogen and oxygen atoms in total. The number of carbonyl (C=O) groups is 2. The summed E-state index contributed by atoms with van der Waals surface area (Å²) in [4.78, 5) is 25.5. The van der Waals surface area contributed by atoms with E-state index in [-0.39, 0.29) is 18.4 Å². The Balaban J connectivity index is 2.76. The molecule has 0 aliphatic carbocycles. The van der Waals surface area contributed by atoms with Crippen LogP contribution >= 0.6 is 0 Å². The van der Waals surface area contributed by atoms with Crippen molar-refractivity contribution in [3.8, 4) is 5.75 Å². The summed E-state index contributed by atoms with van der Waals surface area (Å²) in [5.74, 6) is -0.0440. The average Bonchev–Trinajstić information content (AvgIpc) is 2.52. The van der Waals surface area contributed by atoms with Crippen molar-refractivity contribution in [2.24, 2.45) is 0 Å². The highest BCUT2D eigenvalue weighted by Gasteiger charge is 2.13. The number of nitrogen functional groups attached to an aromatic ring is 1. The van der Waals surface area contributed by atoms with Gasteiger partial charge in [0.2, 0.25) is 0 Å². The summed E-state index contributed by atoms with van der Waals surface area (Å²) >= 11 is 0. The quantitative estimate of drug-likeness (QED) is 0.562. The van der Waals surface area contributed by atoms with Gasteiger partial charge in [0.05, 0.1) is 5.69 Å². The molecule has 1 aromatic rings. The van der Waals surface area contributed by atoms with E-state index in [4.69, 9.17) is 10.5 Å². The van der Waals surface area contributed by atoms with Crippen molar-refractivity contribution in [1.82, 2.24) is 10.2 Å². The van der Waals surface area contributed by atoms with E-state index in [9.17, 15) is 9.59 Å². The molecule has 0 atom stereocenters. The maximum absolute atomic E-state index is 11.9. The number of likely N-dealkylation sites (N-methyl/N-ethyl adjacent to an activating group) is 1. The number of benzene rings is 1. The molecule has 1 aromatic carbocycles. The zero-order chi connectivity index (χ0) is 16.5. The van der Waals surface area contributed by atoms with Gasteiger partial charge in [-0.2, -0.15) is 0 Å². The van der Waals surface area contributed by atoms with E-state index < -0.39 is 0 Å². The molecule has 0 saturated carbocycles. The summed E-state index contributed by atoms with van der Waals surface area (Å²) in [7, 11) is 0. The first-order valence-electron chi connectivity index (χ1n) is 7.22. The number of nitrogens with one attached hydrogen (secondary N) is 1. The molecule has 0 heterocycles. The van der Waals surface area contributed by atoms with E-state index in [2.05, 4.69) is 11.9 Å². The number of ether oxygens (including phenoxy) is 1. The lowest BCUT2D eigenvalue weighted by atomic mass is 10.2. The zero-order valence-corrected chi connectivity index (χ0v) is 13.1. The van der Waals surface area contributed by atoms with Crippen LogP contribution in [-0.4, -0.2) is 43.0 Å². The molecule has 120 valence electrons. The number of hydrogen-bond donors (Lipinski definition) is 2. The Morgan fingerprint density at radius 1 is 1.36 bits per heavy atom. The minimum absolute atomic E-state index is 0.108. The molecule has 6 heteroatoms. The Morgan fingerprint density at radius 2 is 2.05 bits per heavy atom. The van der Waals surface area contributed by atoms with E-state index in [0.29, 0.717) is 36.6 Å². The van der Waals surface area contributed by atoms with Gasteiger partial charge in [0, 0.05) is 25.2 Å². The molecule has 0 unspecified atom stereocenters. The van der Waals surface area contributed by atoms with E-state index in [0.717, 1.165) is 0 Å². The van der Waals surface area contributed by atoms with Gasteiger partial charge in [-0.1, -0.05) is 6.08 Å². The Bertz CT molecular complexity index is 539. The number of anilines is 1. The fraction of sp³-hybridized carbons (Fsp3) is 0.375. The van der Waals surface area contributed by atoms with Crippen LogP contribution in [0.25, 0.3) is 0 Å². The predicted octanol–water partition coefficient (Wildman–Crippen LogP) is 1.43. The summed E-state index contributed by atoms with van der Waals surface area (Å²) in [5.41, 5.74) is 6.62.